The SMILES string of the molecule is CCN(CCCN(C)C)Cc1cccnc1C(=N)N. The molecule has 106 valence electrons. The molecule has 0 fully saturated rings. The largest absolute Gasteiger partial charge is 0.382 e. The Labute approximate surface area is 115 Å². The molecule has 0 aliphatic carbocycles. The van der Waals surface area contributed by atoms with E-state index >= 15 is 0 Å². The standard InChI is InChI=1S/C14H25N5/c1-4-19(10-6-9-18(2)3)11-12-7-5-8-17-13(12)14(15)16/h5,7-8H,4,6,9-11H2,1-3H3,(H3,15,16). The van der Waals surface area contributed by atoms with Crippen molar-refractivity contribution < 1.29 is 0 Å². The third-order valence-electron chi connectivity index (χ3n) is 3.07. The topological polar surface area (TPSA) is 69.2 Å². The summed E-state index contributed by atoms with van der Waals surface area (Å²) in [5.41, 5.74) is 7.20. The summed E-state index contributed by atoms with van der Waals surface area (Å²) in [6, 6.07) is 3.90. The van der Waals surface area contributed by atoms with Crippen molar-refractivity contribution in [2.75, 3.05) is 33.7 Å². The van der Waals surface area contributed by atoms with E-state index in [9.17, 15) is 0 Å². The maximum absolute atomic E-state index is 7.56. The molecule has 0 aliphatic rings. The highest BCUT2D eigenvalue weighted by Gasteiger charge is 2.10. The van der Waals surface area contributed by atoms with E-state index in [1.165, 1.54) is 0 Å². The predicted octanol–water partition coefficient (Wildman–Crippen LogP) is 1.14. The highest BCUT2D eigenvalue weighted by atomic mass is 15.1. The molecule has 0 atom stereocenters. The molecule has 19 heavy (non-hydrogen) atoms. The van der Waals surface area contributed by atoms with Crippen molar-refractivity contribution >= 4 is 5.84 Å². The predicted molar refractivity (Wildman–Crippen MR) is 79.4 cm³/mol. The van der Waals surface area contributed by atoms with Gasteiger partial charge in [-0.15, -0.1) is 0 Å². The molecule has 0 unspecified atom stereocenters. The van der Waals surface area contributed by atoms with Gasteiger partial charge in [-0.05, 0) is 51.8 Å². The molecule has 1 heterocycles. The van der Waals surface area contributed by atoms with Crippen LogP contribution in [-0.2, 0) is 6.54 Å². The Bertz CT molecular complexity index is 403. The number of hydrogen-bond acceptors (Lipinski definition) is 4. The van der Waals surface area contributed by atoms with Crippen molar-refractivity contribution in [1.82, 2.24) is 14.8 Å². The Morgan fingerprint density at radius 1 is 1.37 bits per heavy atom. The number of hydrogen-bond donors (Lipinski definition) is 2. The zero-order chi connectivity index (χ0) is 14.3. The van der Waals surface area contributed by atoms with Gasteiger partial charge in [0.15, 0.2) is 0 Å². The molecule has 5 heteroatoms. The number of pyridine rings is 1. The fourth-order valence-electron chi connectivity index (χ4n) is 2.01. The van der Waals surface area contributed by atoms with Crippen molar-refractivity contribution in [3.05, 3.63) is 29.6 Å². The molecular weight excluding hydrogens is 238 g/mol. The van der Waals surface area contributed by atoms with E-state index in [-0.39, 0.29) is 5.84 Å². The first-order valence-electron chi connectivity index (χ1n) is 6.70. The average molecular weight is 263 g/mol. The zero-order valence-corrected chi connectivity index (χ0v) is 12.2. The van der Waals surface area contributed by atoms with Crippen molar-refractivity contribution in [1.29, 1.82) is 5.41 Å². The number of amidine groups is 1. The van der Waals surface area contributed by atoms with Crippen LogP contribution in [0.15, 0.2) is 18.3 Å². The molecule has 0 saturated carbocycles. The molecule has 1 aromatic heterocycles. The minimum Gasteiger partial charge on any atom is -0.382 e. The van der Waals surface area contributed by atoms with Gasteiger partial charge in [0.05, 0.1) is 0 Å². The first-order valence-corrected chi connectivity index (χ1v) is 6.70. The van der Waals surface area contributed by atoms with Gasteiger partial charge in [0.25, 0.3) is 0 Å². The summed E-state index contributed by atoms with van der Waals surface area (Å²) in [7, 11) is 4.18. The first kappa shape index (κ1) is 15.6. The van der Waals surface area contributed by atoms with Gasteiger partial charge in [0.2, 0.25) is 0 Å². The number of nitrogen functional groups attached to an aromatic ring is 1. The van der Waals surface area contributed by atoms with Crippen LogP contribution in [0.2, 0.25) is 0 Å². The van der Waals surface area contributed by atoms with Gasteiger partial charge in [0.1, 0.15) is 11.5 Å². The minimum atomic E-state index is 0.0416. The van der Waals surface area contributed by atoms with Gasteiger partial charge in [-0.2, -0.15) is 0 Å². The van der Waals surface area contributed by atoms with E-state index in [4.69, 9.17) is 11.1 Å². The van der Waals surface area contributed by atoms with Gasteiger partial charge >= 0.3 is 0 Å². The molecular formula is C14H25N5. The van der Waals surface area contributed by atoms with Crippen LogP contribution in [0.1, 0.15) is 24.6 Å². The molecule has 0 saturated heterocycles. The smallest absolute Gasteiger partial charge is 0.142 e. The molecule has 0 radical (unpaired) electrons. The van der Waals surface area contributed by atoms with E-state index in [2.05, 4.69) is 35.8 Å². The van der Waals surface area contributed by atoms with Crippen LogP contribution >= 0.6 is 0 Å². The van der Waals surface area contributed by atoms with Gasteiger partial charge in [-0.25, -0.2) is 0 Å². The van der Waals surface area contributed by atoms with Crippen LogP contribution in [0.3, 0.4) is 0 Å². The van der Waals surface area contributed by atoms with Crippen molar-refractivity contribution in [3.8, 4) is 0 Å². The molecule has 1 rings (SSSR count). The Hall–Kier alpha value is -1.46. The molecule has 5 nitrogen and oxygen atoms in total. The fraction of sp³-hybridized carbons (Fsp3) is 0.571. The van der Waals surface area contributed by atoms with Gasteiger partial charge in [-0.1, -0.05) is 13.0 Å². The summed E-state index contributed by atoms with van der Waals surface area (Å²) < 4.78 is 0. The summed E-state index contributed by atoms with van der Waals surface area (Å²) >= 11 is 0. The second kappa shape index (κ2) is 7.86. The highest BCUT2D eigenvalue weighted by molar-refractivity contribution is 5.94. The van der Waals surface area contributed by atoms with E-state index in [1.807, 2.05) is 12.1 Å². The quantitative estimate of drug-likeness (QED) is 0.545. The fourth-order valence-corrected chi connectivity index (χ4v) is 2.01. The van der Waals surface area contributed by atoms with Crippen LogP contribution < -0.4 is 5.73 Å². The van der Waals surface area contributed by atoms with Gasteiger partial charge in [-0.3, -0.25) is 15.3 Å². The maximum Gasteiger partial charge on any atom is 0.142 e. The molecule has 3 N–H and O–H groups in total. The van der Waals surface area contributed by atoms with E-state index in [0.29, 0.717) is 5.69 Å². The lowest BCUT2D eigenvalue weighted by Crippen LogP contribution is -2.28. The third kappa shape index (κ3) is 5.36. The number of rotatable bonds is 8. The van der Waals surface area contributed by atoms with Crippen LogP contribution in [0, 0.1) is 5.41 Å². The lowest BCUT2D eigenvalue weighted by Gasteiger charge is -2.22. The summed E-state index contributed by atoms with van der Waals surface area (Å²) in [5, 5.41) is 7.56. The molecule has 1 aromatic rings. The Morgan fingerprint density at radius 3 is 2.68 bits per heavy atom. The van der Waals surface area contributed by atoms with E-state index in [1.54, 1.807) is 6.20 Å². The number of nitrogens with one attached hydrogen (secondary N) is 1. The minimum absolute atomic E-state index is 0.0416. The lowest BCUT2D eigenvalue weighted by molar-refractivity contribution is 0.259. The third-order valence-corrected chi connectivity index (χ3v) is 3.07. The first-order chi connectivity index (χ1) is 9.04. The summed E-state index contributed by atoms with van der Waals surface area (Å²) in [6.45, 7) is 6.07. The Kier molecular flexibility index (Phi) is 6.45. The summed E-state index contributed by atoms with van der Waals surface area (Å²) in [5.74, 6) is 0.0416. The van der Waals surface area contributed by atoms with Crippen LogP contribution in [0.5, 0.6) is 0 Å². The van der Waals surface area contributed by atoms with Crippen molar-refractivity contribution in [2.45, 2.75) is 19.9 Å². The Balaban J connectivity index is 2.62. The molecule has 0 bridgehead atoms. The van der Waals surface area contributed by atoms with E-state index < -0.39 is 0 Å². The van der Waals surface area contributed by atoms with Crippen molar-refractivity contribution in [2.24, 2.45) is 5.73 Å². The average Bonchev–Trinajstić information content (AvgIpc) is 2.37. The molecule has 0 aromatic carbocycles. The lowest BCUT2D eigenvalue weighted by atomic mass is 10.1. The zero-order valence-electron chi connectivity index (χ0n) is 12.2. The molecule has 0 aliphatic heterocycles. The number of nitrogens with two attached hydrogens (primary N) is 1. The number of nitrogens with zero attached hydrogens (tertiary/aromatic N) is 3. The normalized spacial score (nSPS) is 11.2. The second-order valence-electron chi connectivity index (χ2n) is 4.95. The van der Waals surface area contributed by atoms with Gasteiger partial charge in [0, 0.05) is 12.7 Å². The Morgan fingerprint density at radius 2 is 2.11 bits per heavy atom. The molecule has 0 amide bonds. The van der Waals surface area contributed by atoms with Gasteiger partial charge < -0.3 is 10.6 Å². The monoisotopic (exact) mass is 263 g/mol. The summed E-state index contributed by atoms with van der Waals surface area (Å²) in [4.78, 5) is 8.74. The van der Waals surface area contributed by atoms with Crippen LogP contribution in [0.4, 0.5) is 0 Å². The second-order valence-corrected chi connectivity index (χ2v) is 4.95. The maximum atomic E-state index is 7.56. The summed E-state index contributed by atoms with van der Waals surface area (Å²) in [6.07, 6.45) is 2.82. The van der Waals surface area contributed by atoms with Crippen molar-refractivity contribution in [3.63, 3.8) is 0 Å². The highest BCUT2D eigenvalue weighted by Crippen LogP contribution is 2.09. The van der Waals surface area contributed by atoms with Crippen LogP contribution in [-0.4, -0.2) is 54.3 Å². The number of aromatic nitrogens is 1. The molecule has 0 spiro atoms. The van der Waals surface area contributed by atoms with Crippen LogP contribution in [0.25, 0.3) is 0 Å². The van der Waals surface area contributed by atoms with E-state index in [0.717, 1.165) is 38.2 Å².